The molecule has 6 nitrogen and oxygen atoms in total. The van der Waals surface area contributed by atoms with Gasteiger partial charge in [0, 0.05) is 23.6 Å². The second-order valence-electron chi connectivity index (χ2n) is 11.7. The first-order valence-corrected chi connectivity index (χ1v) is 14.5. The molecule has 0 aromatic heterocycles. The van der Waals surface area contributed by atoms with Crippen molar-refractivity contribution in [2.45, 2.75) is 53.6 Å². The first-order valence-electron chi connectivity index (χ1n) is 14.5. The Morgan fingerprint density at radius 3 is 1.38 bits per heavy atom. The normalized spacial score (nSPS) is 13.7. The maximum Gasteiger partial charge on any atom is 0.124 e. The summed E-state index contributed by atoms with van der Waals surface area (Å²) < 4.78 is 0. The smallest absolute Gasteiger partial charge is 0.124 e. The van der Waals surface area contributed by atoms with Gasteiger partial charge in [0.1, 0.15) is 11.5 Å². The Bertz CT molecular complexity index is 1500. The van der Waals surface area contributed by atoms with Crippen molar-refractivity contribution in [2.24, 2.45) is 21.8 Å². The van der Waals surface area contributed by atoms with E-state index in [1.807, 2.05) is 65.8 Å². The van der Waals surface area contributed by atoms with Crippen molar-refractivity contribution in [3.8, 4) is 33.8 Å². The molecule has 2 atom stereocenters. The number of benzene rings is 4. The van der Waals surface area contributed by atoms with Crippen molar-refractivity contribution in [1.82, 2.24) is 0 Å². The maximum atomic E-state index is 10.8. The number of phenolic OH excluding ortho intramolecular Hbond substituents is 2. The number of phenols is 2. The highest BCUT2D eigenvalue weighted by atomic mass is 16.3. The average molecular weight is 567 g/mol. The highest BCUT2D eigenvalue weighted by molar-refractivity contribution is 6.08. The summed E-state index contributed by atoms with van der Waals surface area (Å²) in [4.78, 5) is 9.11. The summed E-state index contributed by atoms with van der Waals surface area (Å²) in [5.41, 5.74) is 7.00. The molecule has 42 heavy (non-hydrogen) atoms. The Kier molecular flexibility index (Phi) is 9.81. The highest BCUT2D eigenvalue weighted by Crippen LogP contribution is 2.41. The van der Waals surface area contributed by atoms with Crippen LogP contribution in [0, 0.1) is 25.7 Å². The number of fused-ring (bicyclic) bond motifs is 1. The summed E-state index contributed by atoms with van der Waals surface area (Å²) in [7, 11) is 0. The van der Waals surface area contributed by atoms with Gasteiger partial charge < -0.3 is 20.4 Å². The number of aliphatic hydroxyl groups is 2. The predicted octanol–water partition coefficient (Wildman–Crippen LogP) is 7.07. The zero-order valence-electron chi connectivity index (χ0n) is 25.3. The summed E-state index contributed by atoms with van der Waals surface area (Å²) >= 11 is 0. The Hall–Kier alpha value is -4.00. The lowest BCUT2D eigenvalue weighted by Crippen LogP contribution is -2.17. The van der Waals surface area contributed by atoms with E-state index in [4.69, 9.17) is 0 Å². The third-order valence-electron chi connectivity index (χ3n) is 7.96. The molecule has 4 aromatic rings. The third-order valence-corrected chi connectivity index (χ3v) is 7.96. The van der Waals surface area contributed by atoms with E-state index in [0.717, 1.165) is 44.2 Å². The monoisotopic (exact) mass is 566 g/mol. The molecule has 0 heterocycles. The van der Waals surface area contributed by atoms with Crippen LogP contribution in [0.15, 0.2) is 70.6 Å². The minimum Gasteiger partial charge on any atom is -0.507 e. The quantitative estimate of drug-likeness (QED) is 0.154. The van der Waals surface area contributed by atoms with Crippen molar-refractivity contribution in [1.29, 1.82) is 0 Å². The number of nitrogens with zero attached hydrogens (tertiary/aromatic N) is 2. The average Bonchev–Trinajstić information content (AvgIpc) is 2.95. The summed E-state index contributed by atoms with van der Waals surface area (Å²) in [6.07, 6.45) is 3.30. The second kappa shape index (κ2) is 13.3. The molecule has 0 bridgehead atoms. The van der Waals surface area contributed by atoms with Gasteiger partial charge in [0.15, 0.2) is 0 Å². The van der Waals surface area contributed by atoms with Gasteiger partial charge in [-0.15, -0.1) is 0 Å². The molecule has 0 spiro atoms. The number of hydrogen-bond donors (Lipinski definition) is 4. The molecule has 6 heteroatoms. The van der Waals surface area contributed by atoms with Crippen LogP contribution >= 0.6 is 0 Å². The SMILES string of the molecule is Cc1cc(O)c(C=N[C@@H](CO)C(C)C)cc1-c1cccc2cccc(-c3cc(C=N[C@@H](CO)C(C)C)c(O)cc3C)c12. The zero-order chi connectivity index (χ0) is 30.6. The van der Waals surface area contributed by atoms with E-state index in [1.54, 1.807) is 24.6 Å². The van der Waals surface area contributed by atoms with Crippen molar-refractivity contribution < 1.29 is 20.4 Å². The molecule has 4 rings (SSSR count). The molecule has 4 aromatic carbocycles. The van der Waals surface area contributed by atoms with E-state index in [0.29, 0.717) is 11.1 Å². The fourth-order valence-electron chi connectivity index (χ4n) is 5.21. The molecule has 220 valence electrons. The number of aliphatic hydroxyl groups excluding tert-OH is 2. The molecule has 4 N–H and O–H groups in total. The molecule has 0 amide bonds. The summed E-state index contributed by atoms with van der Waals surface area (Å²) in [5, 5.41) is 43.1. The molecule has 0 unspecified atom stereocenters. The van der Waals surface area contributed by atoms with E-state index in [9.17, 15) is 20.4 Å². The van der Waals surface area contributed by atoms with E-state index in [-0.39, 0.29) is 48.6 Å². The van der Waals surface area contributed by atoms with Gasteiger partial charge in [-0.3, -0.25) is 9.98 Å². The molecule has 0 aliphatic rings. The van der Waals surface area contributed by atoms with Crippen LogP contribution < -0.4 is 0 Å². The molecule has 0 aliphatic heterocycles. The Labute approximate surface area is 248 Å². The Balaban J connectivity index is 1.91. The third kappa shape index (κ3) is 6.56. The summed E-state index contributed by atoms with van der Waals surface area (Å²) in [6, 6.07) is 19.3. The lowest BCUT2D eigenvalue weighted by atomic mass is 9.87. The molecule has 0 saturated heterocycles. The van der Waals surface area contributed by atoms with Crippen molar-refractivity contribution in [2.75, 3.05) is 13.2 Å². The molecular formula is C36H42N2O4. The van der Waals surface area contributed by atoms with E-state index in [1.165, 1.54) is 0 Å². The van der Waals surface area contributed by atoms with Crippen molar-refractivity contribution in [3.63, 3.8) is 0 Å². The number of aliphatic imine (C=N–C) groups is 2. The van der Waals surface area contributed by atoms with Crippen LogP contribution in [-0.4, -0.2) is 58.2 Å². The van der Waals surface area contributed by atoms with Crippen molar-refractivity contribution in [3.05, 3.63) is 82.9 Å². The Morgan fingerprint density at radius 1 is 0.619 bits per heavy atom. The molecule has 0 saturated carbocycles. The second-order valence-corrected chi connectivity index (χ2v) is 11.7. The molecule has 0 radical (unpaired) electrons. The van der Waals surface area contributed by atoms with Crippen LogP contribution in [0.1, 0.15) is 49.9 Å². The van der Waals surface area contributed by atoms with E-state index >= 15 is 0 Å². The van der Waals surface area contributed by atoms with Gasteiger partial charge in [0.25, 0.3) is 0 Å². The predicted molar refractivity (Wildman–Crippen MR) is 174 cm³/mol. The molecule has 0 aliphatic carbocycles. The van der Waals surface area contributed by atoms with Gasteiger partial charge in [-0.1, -0.05) is 64.1 Å². The minimum atomic E-state index is -0.248. The molecule has 0 fully saturated rings. The lowest BCUT2D eigenvalue weighted by Gasteiger charge is -2.18. The fourth-order valence-corrected chi connectivity index (χ4v) is 5.21. The van der Waals surface area contributed by atoms with E-state index in [2.05, 4.69) is 34.3 Å². The standard InChI is InChI=1S/C36H42N2O4/c1-21(2)32(19-39)37-17-26-15-30(23(5)13-34(26)41)28-11-7-9-25-10-8-12-29(36(25)28)31-16-27(35(42)14-24(31)6)18-38-33(20-40)22(3)4/h7-18,21-22,32-33,39-42H,19-20H2,1-6H3/t32-,33-/m0/s1. The van der Waals surface area contributed by atoms with E-state index < -0.39 is 0 Å². The van der Waals surface area contributed by atoms with Crippen LogP contribution in [0.5, 0.6) is 11.5 Å². The van der Waals surface area contributed by atoms with Gasteiger partial charge in [-0.2, -0.15) is 0 Å². The molecular weight excluding hydrogens is 524 g/mol. The first-order chi connectivity index (χ1) is 20.0. The summed E-state index contributed by atoms with van der Waals surface area (Å²) in [5.74, 6) is 0.619. The summed E-state index contributed by atoms with van der Waals surface area (Å²) in [6.45, 7) is 11.9. The number of rotatable bonds is 10. The minimum absolute atomic E-state index is 0.0584. The number of aromatic hydroxyl groups is 2. The topological polar surface area (TPSA) is 106 Å². The zero-order valence-corrected chi connectivity index (χ0v) is 25.3. The van der Waals surface area contributed by atoms with Crippen LogP contribution in [-0.2, 0) is 0 Å². The lowest BCUT2D eigenvalue weighted by molar-refractivity contribution is 0.240. The van der Waals surface area contributed by atoms with Crippen LogP contribution in [0.25, 0.3) is 33.0 Å². The van der Waals surface area contributed by atoms with Crippen molar-refractivity contribution >= 4 is 23.2 Å². The largest absolute Gasteiger partial charge is 0.507 e. The first kappa shape index (κ1) is 30.9. The van der Waals surface area contributed by atoms with Gasteiger partial charge in [-0.05, 0) is 94.1 Å². The van der Waals surface area contributed by atoms with Crippen LogP contribution in [0.4, 0.5) is 0 Å². The van der Waals surface area contributed by atoms with Gasteiger partial charge >= 0.3 is 0 Å². The fraction of sp³-hybridized carbons (Fsp3) is 0.333. The van der Waals surface area contributed by atoms with Crippen LogP contribution in [0.2, 0.25) is 0 Å². The maximum absolute atomic E-state index is 10.8. The van der Waals surface area contributed by atoms with Crippen LogP contribution in [0.3, 0.4) is 0 Å². The Morgan fingerprint density at radius 2 is 1.02 bits per heavy atom. The van der Waals surface area contributed by atoms with Gasteiger partial charge in [0.05, 0.1) is 25.3 Å². The van der Waals surface area contributed by atoms with Gasteiger partial charge in [-0.25, -0.2) is 0 Å². The van der Waals surface area contributed by atoms with Gasteiger partial charge in [0.2, 0.25) is 0 Å². The number of aryl methyl sites for hydroxylation is 2. The highest BCUT2D eigenvalue weighted by Gasteiger charge is 2.17. The number of hydrogen-bond acceptors (Lipinski definition) is 6.